The molecule has 1 aromatic carbocycles. The van der Waals surface area contributed by atoms with Crippen molar-refractivity contribution in [1.29, 1.82) is 0 Å². The summed E-state index contributed by atoms with van der Waals surface area (Å²) >= 11 is 0. The Kier molecular flexibility index (Phi) is 4.34. The zero-order valence-electron chi connectivity index (χ0n) is 9.96. The van der Waals surface area contributed by atoms with Crippen LogP contribution < -0.4 is 0 Å². The zero-order valence-corrected chi connectivity index (χ0v) is 9.96. The number of benzene rings is 1. The molecule has 0 atom stereocenters. The molecule has 0 unspecified atom stereocenters. The highest BCUT2D eigenvalue weighted by Gasteiger charge is 2.32. The van der Waals surface area contributed by atoms with Crippen LogP contribution in [0, 0.1) is 11.6 Å². The third-order valence-electron chi connectivity index (χ3n) is 3.09. The zero-order chi connectivity index (χ0) is 13.1. The number of ketones is 1. The average Bonchev–Trinajstić information content (AvgIpc) is 2.32. The molecule has 0 spiro atoms. The summed E-state index contributed by atoms with van der Waals surface area (Å²) in [5, 5.41) is 9.95. The van der Waals surface area contributed by atoms with Crippen LogP contribution in [-0.4, -0.2) is 16.5 Å². The molecule has 0 bridgehead atoms. The van der Waals surface area contributed by atoms with Gasteiger partial charge in [-0.05, 0) is 25.0 Å². The molecule has 0 aliphatic rings. The van der Waals surface area contributed by atoms with Gasteiger partial charge in [0.25, 0.3) is 0 Å². The molecule has 4 heteroatoms. The van der Waals surface area contributed by atoms with Crippen LogP contribution in [0.2, 0.25) is 0 Å². The van der Waals surface area contributed by atoms with Gasteiger partial charge in [0.1, 0.15) is 17.2 Å². The monoisotopic (exact) mass is 242 g/mol. The maximum absolute atomic E-state index is 13.3. The van der Waals surface area contributed by atoms with Crippen LogP contribution >= 0.6 is 0 Å². The summed E-state index contributed by atoms with van der Waals surface area (Å²) in [6.45, 7) is 3.33. The van der Waals surface area contributed by atoms with E-state index in [-0.39, 0.29) is 18.4 Å². The van der Waals surface area contributed by atoms with E-state index >= 15 is 0 Å². The minimum atomic E-state index is -1.49. The number of hydrogen-bond acceptors (Lipinski definition) is 2. The summed E-state index contributed by atoms with van der Waals surface area (Å²) in [5.41, 5.74) is -1.77. The molecule has 1 aromatic rings. The molecule has 0 aliphatic heterocycles. The van der Waals surface area contributed by atoms with E-state index in [1.165, 1.54) is 6.07 Å². The van der Waals surface area contributed by atoms with Crippen LogP contribution in [0.25, 0.3) is 0 Å². The first-order valence-electron chi connectivity index (χ1n) is 5.63. The van der Waals surface area contributed by atoms with Gasteiger partial charge in [0.05, 0.1) is 0 Å². The lowest BCUT2D eigenvalue weighted by molar-refractivity contribution is -0.137. The van der Waals surface area contributed by atoms with Gasteiger partial charge in [-0.1, -0.05) is 19.9 Å². The second-order valence-electron chi connectivity index (χ2n) is 4.04. The smallest absolute Gasteiger partial charge is 0.168 e. The highest BCUT2D eigenvalue weighted by Crippen LogP contribution is 2.21. The number of rotatable bonds is 5. The van der Waals surface area contributed by atoms with E-state index in [1.807, 2.05) is 0 Å². The number of halogens is 2. The average molecular weight is 242 g/mol. The number of Topliss-reactive ketones (excluding diaryl/α,β-unsaturated/α-hetero) is 1. The third kappa shape index (κ3) is 2.88. The SMILES string of the molecule is CCC(O)(CC)C(=O)Cc1c(F)cccc1F. The quantitative estimate of drug-likeness (QED) is 0.861. The fourth-order valence-electron chi connectivity index (χ4n) is 1.67. The molecule has 17 heavy (non-hydrogen) atoms. The number of carbonyl (C=O) groups is 1. The maximum atomic E-state index is 13.3. The molecule has 0 saturated carbocycles. The van der Waals surface area contributed by atoms with E-state index in [2.05, 4.69) is 0 Å². The number of hydrogen-bond donors (Lipinski definition) is 1. The number of carbonyl (C=O) groups excluding carboxylic acids is 1. The lowest BCUT2D eigenvalue weighted by Gasteiger charge is -2.23. The number of aliphatic hydroxyl groups is 1. The van der Waals surface area contributed by atoms with E-state index in [1.54, 1.807) is 13.8 Å². The Balaban J connectivity index is 2.96. The summed E-state index contributed by atoms with van der Waals surface area (Å²) in [6.07, 6.45) is 0.0491. The Morgan fingerprint density at radius 2 is 1.71 bits per heavy atom. The summed E-state index contributed by atoms with van der Waals surface area (Å²) < 4.78 is 26.7. The molecule has 2 nitrogen and oxygen atoms in total. The molecule has 0 fully saturated rings. The van der Waals surface area contributed by atoms with Gasteiger partial charge in [0.15, 0.2) is 5.78 Å². The highest BCUT2D eigenvalue weighted by molar-refractivity contribution is 5.88. The van der Waals surface area contributed by atoms with Crippen molar-refractivity contribution in [3.63, 3.8) is 0 Å². The first-order valence-corrected chi connectivity index (χ1v) is 5.63. The molecule has 94 valence electrons. The first kappa shape index (κ1) is 13.8. The predicted molar refractivity (Wildman–Crippen MR) is 60.6 cm³/mol. The fourth-order valence-corrected chi connectivity index (χ4v) is 1.67. The normalized spacial score (nSPS) is 11.6. The topological polar surface area (TPSA) is 37.3 Å². The minimum absolute atomic E-state index is 0.235. The second-order valence-corrected chi connectivity index (χ2v) is 4.04. The van der Waals surface area contributed by atoms with Crippen LogP contribution in [-0.2, 0) is 11.2 Å². The maximum Gasteiger partial charge on any atom is 0.168 e. The van der Waals surface area contributed by atoms with Crippen molar-refractivity contribution in [2.24, 2.45) is 0 Å². The van der Waals surface area contributed by atoms with Crippen molar-refractivity contribution in [2.45, 2.75) is 38.7 Å². The summed E-state index contributed by atoms with van der Waals surface area (Å²) in [5.74, 6) is -2.06. The standard InChI is InChI=1S/C13H16F2O2/c1-3-13(17,4-2)12(16)8-9-10(14)6-5-7-11(9)15/h5-7,17H,3-4,8H2,1-2H3. The van der Waals surface area contributed by atoms with Crippen molar-refractivity contribution in [1.82, 2.24) is 0 Å². The van der Waals surface area contributed by atoms with Crippen LogP contribution in [0.4, 0.5) is 8.78 Å². The lowest BCUT2D eigenvalue weighted by Crippen LogP contribution is -2.38. The Bertz CT molecular complexity index is 392. The van der Waals surface area contributed by atoms with E-state index in [9.17, 15) is 18.7 Å². The van der Waals surface area contributed by atoms with Gasteiger partial charge in [-0.2, -0.15) is 0 Å². The molecule has 1 rings (SSSR count). The van der Waals surface area contributed by atoms with Crippen LogP contribution in [0.5, 0.6) is 0 Å². The van der Waals surface area contributed by atoms with Crippen molar-refractivity contribution in [3.8, 4) is 0 Å². The first-order chi connectivity index (χ1) is 7.94. The Morgan fingerprint density at radius 3 is 2.12 bits per heavy atom. The van der Waals surface area contributed by atoms with Crippen molar-refractivity contribution < 1.29 is 18.7 Å². The largest absolute Gasteiger partial charge is 0.382 e. The van der Waals surface area contributed by atoms with Gasteiger partial charge in [-0.3, -0.25) is 4.79 Å². The van der Waals surface area contributed by atoms with Crippen molar-refractivity contribution in [3.05, 3.63) is 35.4 Å². The van der Waals surface area contributed by atoms with Gasteiger partial charge < -0.3 is 5.11 Å². The summed E-state index contributed by atoms with van der Waals surface area (Å²) in [4.78, 5) is 11.8. The Morgan fingerprint density at radius 1 is 1.24 bits per heavy atom. The second kappa shape index (κ2) is 5.36. The van der Waals surface area contributed by atoms with Gasteiger partial charge in [-0.15, -0.1) is 0 Å². The molecule has 1 N–H and O–H groups in total. The van der Waals surface area contributed by atoms with Gasteiger partial charge in [-0.25, -0.2) is 8.78 Å². The summed E-state index contributed by atoms with van der Waals surface area (Å²) in [6, 6.07) is 3.44. The van der Waals surface area contributed by atoms with Crippen molar-refractivity contribution in [2.75, 3.05) is 0 Å². The third-order valence-corrected chi connectivity index (χ3v) is 3.09. The molecule has 0 aromatic heterocycles. The van der Waals surface area contributed by atoms with E-state index in [0.29, 0.717) is 0 Å². The van der Waals surface area contributed by atoms with Crippen LogP contribution in [0.3, 0.4) is 0 Å². The molecular weight excluding hydrogens is 226 g/mol. The van der Waals surface area contributed by atoms with Crippen LogP contribution in [0.1, 0.15) is 32.3 Å². The molecule has 0 radical (unpaired) electrons. The fraction of sp³-hybridized carbons (Fsp3) is 0.462. The molecule has 0 heterocycles. The van der Waals surface area contributed by atoms with E-state index in [4.69, 9.17) is 0 Å². The summed E-state index contributed by atoms with van der Waals surface area (Å²) in [7, 11) is 0. The van der Waals surface area contributed by atoms with Gasteiger partial charge in [0.2, 0.25) is 0 Å². The Hall–Kier alpha value is -1.29. The molecule has 0 saturated heterocycles. The lowest BCUT2D eigenvalue weighted by atomic mass is 9.88. The molecule has 0 amide bonds. The van der Waals surface area contributed by atoms with E-state index < -0.39 is 29.4 Å². The van der Waals surface area contributed by atoms with Gasteiger partial charge >= 0.3 is 0 Å². The molecule has 0 aliphatic carbocycles. The Labute approximate surface area is 99.3 Å². The van der Waals surface area contributed by atoms with E-state index in [0.717, 1.165) is 12.1 Å². The molecular formula is C13H16F2O2. The predicted octanol–water partition coefficient (Wildman–Crippen LogP) is 2.63. The van der Waals surface area contributed by atoms with Gasteiger partial charge in [0, 0.05) is 12.0 Å². The van der Waals surface area contributed by atoms with Crippen molar-refractivity contribution >= 4 is 5.78 Å². The van der Waals surface area contributed by atoms with Crippen LogP contribution in [0.15, 0.2) is 18.2 Å². The highest BCUT2D eigenvalue weighted by atomic mass is 19.1. The minimum Gasteiger partial charge on any atom is -0.382 e.